The number of benzene rings is 2. The van der Waals surface area contributed by atoms with Crippen molar-refractivity contribution >= 4 is 29.1 Å². The van der Waals surface area contributed by atoms with E-state index >= 15 is 0 Å². The molecular weight excluding hydrogens is 378 g/mol. The molecule has 0 saturated carbocycles. The van der Waals surface area contributed by atoms with E-state index in [0.29, 0.717) is 29.2 Å². The number of para-hydroxylation sites is 1. The first kappa shape index (κ1) is 20.9. The van der Waals surface area contributed by atoms with E-state index in [4.69, 9.17) is 21.7 Å². The minimum Gasteiger partial charge on any atom is -0.494 e. The van der Waals surface area contributed by atoms with E-state index < -0.39 is 11.8 Å². The molecule has 2 amide bonds. The van der Waals surface area contributed by atoms with E-state index in [1.165, 1.54) is 0 Å². The van der Waals surface area contributed by atoms with Crippen LogP contribution in [0.4, 0.5) is 0 Å². The number of nitrogens with one attached hydrogen (secondary N) is 3. The molecular formula is C20H21N3O4S. The lowest BCUT2D eigenvalue weighted by Crippen LogP contribution is -2.48. The van der Waals surface area contributed by atoms with E-state index in [0.717, 1.165) is 0 Å². The minimum absolute atomic E-state index is 0.0512. The lowest BCUT2D eigenvalue weighted by atomic mass is 10.2. The summed E-state index contributed by atoms with van der Waals surface area (Å²) in [6.45, 7) is 6.20. The third-order valence-corrected chi connectivity index (χ3v) is 3.62. The van der Waals surface area contributed by atoms with Crippen molar-refractivity contribution < 1.29 is 19.1 Å². The molecule has 8 heteroatoms. The van der Waals surface area contributed by atoms with Crippen LogP contribution in [0.5, 0.6) is 11.5 Å². The molecule has 7 nitrogen and oxygen atoms in total. The second-order valence-electron chi connectivity index (χ2n) is 5.42. The topological polar surface area (TPSA) is 88.7 Å². The minimum atomic E-state index is -0.463. The average Bonchev–Trinajstić information content (AvgIpc) is 2.71. The molecule has 28 heavy (non-hydrogen) atoms. The van der Waals surface area contributed by atoms with Crippen LogP contribution in [0.1, 0.15) is 27.6 Å². The van der Waals surface area contributed by atoms with Crippen molar-refractivity contribution in [2.75, 3.05) is 13.2 Å². The second-order valence-corrected chi connectivity index (χ2v) is 5.83. The molecule has 2 aromatic rings. The lowest BCUT2D eigenvalue weighted by Gasteiger charge is -2.13. The van der Waals surface area contributed by atoms with Crippen LogP contribution < -0.4 is 25.6 Å². The Kier molecular flexibility index (Phi) is 7.98. The van der Waals surface area contributed by atoms with Crippen LogP contribution in [-0.4, -0.2) is 30.1 Å². The molecule has 146 valence electrons. The third-order valence-electron chi connectivity index (χ3n) is 3.41. The maximum Gasteiger partial charge on any atom is 0.273 e. The summed E-state index contributed by atoms with van der Waals surface area (Å²) < 4.78 is 10.8. The molecule has 0 radical (unpaired) electrons. The van der Waals surface area contributed by atoms with Gasteiger partial charge in [0.15, 0.2) is 5.11 Å². The number of thiocarbonyl (C=S) groups is 1. The van der Waals surface area contributed by atoms with E-state index in [1.54, 1.807) is 54.6 Å². The number of carbonyl (C=O) groups is 2. The molecule has 0 saturated heterocycles. The first-order valence-corrected chi connectivity index (χ1v) is 8.93. The molecule has 0 unspecified atom stereocenters. The van der Waals surface area contributed by atoms with Gasteiger partial charge in [-0.25, -0.2) is 0 Å². The van der Waals surface area contributed by atoms with Crippen molar-refractivity contribution in [2.24, 2.45) is 0 Å². The highest BCUT2D eigenvalue weighted by Gasteiger charge is 2.13. The summed E-state index contributed by atoms with van der Waals surface area (Å²) in [4.78, 5) is 24.6. The van der Waals surface area contributed by atoms with Gasteiger partial charge >= 0.3 is 0 Å². The number of amides is 2. The Morgan fingerprint density at radius 3 is 2.61 bits per heavy atom. The van der Waals surface area contributed by atoms with Gasteiger partial charge in [-0.1, -0.05) is 30.9 Å². The van der Waals surface area contributed by atoms with E-state index in [-0.39, 0.29) is 11.7 Å². The Bertz CT molecular complexity index is 870. The zero-order valence-electron chi connectivity index (χ0n) is 15.4. The largest absolute Gasteiger partial charge is 0.494 e. The lowest BCUT2D eigenvalue weighted by molar-refractivity contribution is 0.0931. The van der Waals surface area contributed by atoms with Gasteiger partial charge in [0, 0.05) is 5.56 Å². The van der Waals surface area contributed by atoms with E-state index in [2.05, 4.69) is 22.7 Å². The predicted molar refractivity (Wildman–Crippen MR) is 110 cm³/mol. The summed E-state index contributed by atoms with van der Waals surface area (Å²) in [7, 11) is 0. The molecule has 0 bridgehead atoms. The normalized spacial score (nSPS) is 9.75. The molecule has 0 atom stereocenters. The monoisotopic (exact) mass is 399 g/mol. The molecule has 0 aromatic heterocycles. The zero-order chi connectivity index (χ0) is 20.4. The van der Waals surface area contributed by atoms with E-state index in [9.17, 15) is 9.59 Å². The quantitative estimate of drug-likeness (QED) is 0.377. The number of hydrogen-bond acceptors (Lipinski definition) is 5. The van der Waals surface area contributed by atoms with Gasteiger partial charge in [-0.05, 0) is 49.5 Å². The fraction of sp³-hybridized carbons (Fsp3) is 0.150. The second kappa shape index (κ2) is 10.7. The molecule has 2 aromatic carbocycles. The van der Waals surface area contributed by atoms with Crippen LogP contribution in [0.2, 0.25) is 0 Å². The van der Waals surface area contributed by atoms with Gasteiger partial charge in [-0.15, -0.1) is 0 Å². The number of carbonyl (C=O) groups excluding carboxylic acids is 2. The van der Waals surface area contributed by atoms with Crippen molar-refractivity contribution in [3.8, 4) is 11.5 Å². The van der Waals surface area contributed by atoms with Gasteiger partial charge in [0.2, 0.25) is 0 Å². The smallest absolute Gasteiger partial charge is 0.273 e. The van der Waals surface area contributed by atoms with E-state index in [1.807, 2.05) is 6.92 Å². The number of hydrogen-bond donors (Lipinski definition) is 3. The summed E-state index contributed by atoms with van der Waals surface area (Å²) in [5.41, 5.74) is 5.62. The van der Waals surface area contributed by atoms with Gasteiger partial charge in [0.05, 0.1) is 12.2 Å². The SMILES string of the molecule is C=CCOc1ccccc1C(=O)NNC(=S)NC(=O)c1cccc(OCC)c1. The molecule has 0 spiro atoms. The fourth-order valence-electron chi connectivity index (χ4n) is 2.21. The molecule has 3 N–H and O–H groups in total. The van der Waals surface area contributed by atoms with Gasteiger partial charge in [0.1, 0.15) is 18.1 Å². The molecule has 0 fully saturated rings. The maximum absolute atomic E-state index is 12.3. The summed E-state index contributed by atoms with van der Waals surface area (Å²) in [6.07, 6.45) is 1.58. The fourth-order valence-corrected chi connectivity index (χ4v) is 2.35. The third kappa shape index (κ3) is 6.10. The first-order chi connectivity index (χ1) is 13.5. The number of ether oxygens (including phenoxy) is 2. The van der Waals surface area contributed by atoms with Crippen LogP contribution in [0.15, 0.2) is 61.2 Å². The van der Waals surface area contributed by atoms with Gasteiger partial charge in [-0.3, -0.25) is 25.8 Å². The molecule has 0 aliphatic carbocycles. The summed E-state index contributed by atoms with van der Waals surface area (Å²) in [6, 6.07) is 13.4. The summed E-state index contributed by atoms with van der Waals surface area (Å²) >= 11 is 5.05. The Hall–Kier alpha value is -3.39. The maximum atomic E-state index is 12.3. The Balaban J connectivity index is 1.92. The van der Waals surface area contributed by atoms with Crippen molar-refractivity contribution in [3.63, 3.8) is 0 Å². The summed E-state index contributed by atoms with van der Waals surface area (Å²) in [5.74, 6) is 0.0977. The van der Waals surface area contributed by atoms with Crippen LogP contribution in [0.25, 0.3) is 0 Å². The Labute approximate surface area is 168 Å². The molecule has 0 aliphatic heterocycles. The molecule has 0 heterocycles. The molecule has 2 rings (SSSR count). The van der Waals surface area contributed by atoms with Crippen LogP contribution >= 0.6 is 12.2 Å². The Morgan fingerprint density at radius 1 is 1.07 bits per heavy atom. The average molecular weight is 399 g/mol. The van der Waals surface area contributed by atoms with Crippen molar-refractivity contribution in [2.45, 2.75) is 6.92 Å². The number of hydrazine groups is 1. The van der Waals surface area contributed by atoms with Gasteiger partial charge in [0.25, 0.3) is 11.8 Å². The highest BCUT2D eigenvalue weighted by molar-refractivity contribution is 7.80. The van der Waals surface area contributed by atoms with Crippen LogP contribution in [0, 0.1) is 0 Å². The van der Waals surface area contributed by atoms with Gasteiger partial charge in [-0.2, -0.15) is 0 Å². The standard InChI is InChI=1S/C20H21N3O4S/c1-3-12-27-17-11-6-5-10-16(17)19(25)22-23-20(28)21-18(24)14-8-7-9-15(13-14)26-4-2/h3,5-11,13H,1,4,12H2,2H3,(H,22,25)(H2,21,23,24,28). The first-order valence-electron chi connectivity index (χ1n) is 8.52. The predicted octanol–water partition coefficient (Wildman–Crippen LogP) is 2.60. The Morgan fingerprint density at radius 2 is 1.86 bits per heavy atom. The summed E-state index contributed by atoms with van der Waals surface area (Å²) in [5, 5.41) is 2.44. The van der Waals surface area contributed by atoms with Crippen LogP contribution in [0.3, 0.4) is 0 Å². The van der Waals surface area contributed by atoms with Crippen LogP contribution in [-0.2, 0) is 0 Å². The van der Waals surface area contributed by atoms with Gasteiger partial charge < -0.3 is 9.47 Å². The molecule has 0 aliphatic rings. The highest BCUT2D eigenvalue weighted by Crippen LogP contribution is 2.17. The van der Waals surface area contributed by atoms with Crippen molar-refractivity contribution in [1.82, 2.24) is 16.2 Å². The van der Waals surface area contributed by atoms with Crippen molar-refractivity contribution in [3.05, 3.63) is 72.3 Å². The number of rotatable bonds is 7. The zero-order valence-corrected chi connectivity index (χ0v) is 16.2. The van der Waals surface area contributed by atoms with Crippen molar-refractivity contribution in [1.29, 1.82) is 0 Å². The highest BCUT2D eigenvalue weighted by atomic mass is 32.1.